The molecule has 0 aromatic heterocycles. The predicted molar refractivity (Wildman–Crippen MR) is 122 cm³/mol. The van der Waals surface area contributed by atoms with Gasteiger partial charge in [-0.2, -0.15) is 0 Å². The molecule has 0 spiro atoms. The van der Waals surface area contributed by atoms with Crippen LogP contribution < -0.4 is 0 Å². The number of ether oxygens (including phenoxy) is 2. The first-order chi connectivity index (χ1) is 13.7. The zero-order valence-electron chi connectivity index (χ0n) is 18.5. The van der Waals surface area contributed by atoms with Gasteiger partial charge in [0.15, 0.2) is 0 Å². The summed E-state index contributed by atoms with van der Waals surface area (Å²) in [6.45, 7) is 5.17. The van der Waals surface area contributed by atoms with Gasteiger partial charge < -0.3 is 9.47 Å². The minimum atomic E-state index is -0.444. The van der Waals surface area contributed by atoms with Gasteiger partial charge in [0.2, 0.25) is 0 Å². The average molecular weight is 511 g/mol. The van der Waals surface area contributed by atoms with E-state index in [1.807, 2.05) is 0 Å². The number of esters is 2. The molecule has 4 nitrogen and oxygen atoms in total. The molecule has 0 fully saturated rings. The van der Waals surface area contributed by atoms with E-state index >= 15 is 0 Å². The second-order valence-corrected chi connectivity index (χ2v) is 7.35. The van der Waals surface area contributed by atoms with Gasteiger partial charge in [0.1, 0.15) is 0 Å². The Kier molecular flexibility index (Phi) is 18.3. The van der Waals surface area contributed by atoms with Crippen LogP contribution in [0.1, 0.15) is 112 Å². The Labute approximate surface area is 194 Å². The molecule has 0 N–H and O–H groups in total. The summed E-state index contributed by atoms with van der Waals surface area (Å²) in [4.78, 5) is 24.7. The molecule has 2 radical (unpaired) electrons. The molecule has 0 aliphatic heterocycles. The van der Waals surface area contributed by atoms with E-state index in [1.165, 1.54) is 51.4 Å². The van der Waals surface area contributed by atoms with E-state index in [-0.39, 0.29) is 23.9 Å². The van der Waals surface area contributed by atoms with E-state index in [0.29, 0.717) is 24.3 Å². The normalized spacial score (nSPS) is 10.3. The van der Waals surface area contributed by atoms with Gasteiger partial charge in [-0.3, -0.25) is 0 Å². The van der Waals surface area contributed by atoms with E-state index < -0.39 is 11.9 Å². The fourth-order valence-corrected chi connectivity index (χ4v) is 3.09. The third kappa shape index (κ3) is 13.0. The molecule has 1 aromatic rings. The molecule has 0 aliphatic rings. The molecule has 164 valence electrons. The Balaban J connectivity index is 0.00000784. The minimum absolute atomic E-state index is 0. The topological polar surface area (TPSA) is 52.6 Å². The summed E-state index contributed by atoms with van der Waals surface area (Å²) in [6.07, 6.45) is 13.6. The molecule has 0 amide bonds. The van der Waals surface area contributed by atoms with E-state index in [4.69, 9.17) is 9.47 Å². The van der Waals surface area contributed by atoms with Gasteiger partial charge in [0.25, 0.3) is 0 Å². The number of hydrogen-bond acceptors (Lipinski definition) is 4. The molecule has 0 heterocycles. The summed E-state index contributed by atoms with van der Waals surface area (Å²) in [5.74, 6) is -0.888. The number of benzene rings is 1. The Bertz CT molecular complexity index is 511. The van der Waals surface area contributed by atoms with Crippen molar-refractivity contribution in [3.8, 4) is 0 Å². The van der Waals surface area contributed by atoms with Crippen molar-refractivity contribution in [2.75, 3.05) is 13.2 Å². The van der Waals surface area contributed by atoms with Crippen LogP contribution in [-0.2, 0) is 9.47 Å². The Morgan fingerprint density at radius 1 is 0.621 bits per heavy atom. The molecule has 0 atom stereocenters. The van der Waals surface area contributed by atoms with E-state index in [0.717, 1.165) is 25.7 Å². The average Bonchev–Trinajstić information content (AvgIpc) is 2.72. The van der Waals surface area contributed by atoms with Crippen molar-refractivity contribution in [1.82, 2.24) is 0 Å². The van der Waals surface area contributed by atoms with Crippen molar-refractivity contribution in [2.45, 2.75) is 90.9 Å². The van der Waals surface area contributed by atoms with Gasteiger partial charge in [-0.05, 0) is 25.0 Å². The maximum atomic E-state index is 12.4. The molecule has 5 heteroatoms. The Hall–Kier alpha value is -1.04. The first-order valence-corrected chi connectivity index (χ1v) is 11.1. The summed E-state index contributed by atoms with van der Waals surface area (Å²) in [7, 11) is 0. The monoisotopic (exact) mass is 512 g/mol. The molecule has 1 aromatic carbocycles. The fourth-order valence-electron chi connectivity index (χ4n) is 3.09. The van der Waals surface area contributed by atoms with Gasteiger partial charge in [-0.1, -0.05) is 90.2 Å². The number of unbranched alkanes of at least 4 members (excludes halogenated alkanes) is 10. The molecule has 0 saturated heterocycles. The van der Waals surface area contributed by atoms with Crippen molar-refractivity contribution < 1.29 is 19.1 Å². The van der Waals surface area contributed by atoms with Gasteiger partial charge in [0, 0.05) is 0 Å². The van der Waals surface area contributed by atoms with Gasteiger partial charge in [0.05, 0.1) is 24.3 Å². The van der Waals surface area contributed by atoms with Crippen LogP contribution in [-0.4, -0.2) is 49.1 Å². The van der Waals surface area contributed by atoms with Crippen molar-refractivity contribution in [2.24, 2.45) is 0 Å². The zero-order chi connectivity index (χ0) is 20.5. The van der Waals surface area contributed by atoms with Crippen LogP contribution in [0.2, 0.25) is 0 Å². The molecule has 0 unspecified atom stereocenters. The van der Waals surface area contributed by atoms with Gasteiger partial charge in [-0.15, -0.1) is 0 Å². The molecule has 0 saturated carbocycles. The van der Waals surface area contributed by atoms with E-state index in [2.05, 4.69) is 13.8 Å². The first-order valence-electron chi connectivity index (χ1n) is 11.1. The maximum absolute atomic E-state index is 12.4. The van der Waals surface area contributed by atoms with Crippen LogP contribution in [0.5, 0.6) is 0 Å². The van der Waals surface area contributed by atoms with Crippen molar-refractivity contribution in [3.05, 3.63) is 35.4 Å². The van der Waals surface area contributed by atoms with Gasteiger partial charge >= 0.3 is 35.8 Å². The van der Waals surface area contributed by atoms with Crippen LogP contribution in [0.25, 0.3) is 0 Å². The quantitative estimate of drug-likeness (QED) is 0.160. The predicted octanol–water partition coefficient (Wildman–Crippen LogP) is 5.81. The van der Waals surface area contributed by atoms with Crippen LogP contribution >= 0.6 is 0 Å². The molecular weight excluding hydrogens is 471 g/mol. The molecule has 1 rings (SSSR count). The summed E-state index contributed by atoms with van der Waals surface area (Å²) in [5, 5.41) is 0. The standard InChI is InChI=1S/C24H38O4.Sn.2H/c1-3-5-7-9-11-15-19-27-23(25)21-17-13-14-18-22(21)24(26)28-20-16-12-10-8-6-4-2;;;/h13-14,17-18H,3-12,15-16,19-20H2,1-2H3;;;. The Morgan fingerprint density at radius 3 is 1.34 bits per heavy atom. The third-order valence-electron chi connectivity index (χ3n) is 4.83. The molecule has 0 bridgehead atoms. The number of rotatable bonds is 16. The van der Waals surface area contributed by atoms with E-state index in [1.54, 1.807) is 24.3 Å². The van der Waals surface area contributed by atoms with Crippen LogP contribution in [0.3, 0.4) is 0 Å². The van der Waals surface area contributed by atoms with Crippen LogP contribution in [0.15, 0.2) is 24.3 Å². The Morgan fingerprint density at radius 2 is 0.966 bits per heavy atom. The van der Waals surface area contributed by atoms with Crippen molar-refractivity contribution in [1.29, 1.82) is 0 Å². The number of carbonyl (C=O) groups excluding carboxylic acids is 2. The third-order valence-corrected chi connectivity index (χ3v) is 4.83. The van der Waals surface area contributed by atoms with Crippen molar-refractivity contribution >= 4 is 35.8 Å². The second-order valence-electron chi connectivity index (χ2n) is 7.35. The second kappa shape index (κ2) is 19.0. The van der Waals surface area contributed by atoms with Gasteiger partial charge in [-0.25, -0.2) is 9.59 Å². The van der Waals surface area contributed by atoms with E-state index in [9.17, 15) is 9.59 Å². The summed E-state index contributed by atoms with van der Waals surface area (Å²) in [6, 6.07) is 6.74. The first kappa shape index (κ1) is 28.0. The summed E-state index contributed by atoms with van der Waals surface area (Å²) in [5.41, 5.74) is 0.586. The van der Waals surface area contributed by atoms with Crippen molar-refractivity contribution in [3.63, 3.8) is 0 Å². The molecule has 29 heavy (non-hydrogen) atoms. The SMILES string of the molecule is CCCCCCCCOC(=O)c1ccccc1C(=O)OCCCCCCCC.[SnH2]. The summed E-state index contributed by atoms with van der Waals surface area (Å²) >= 11 is 0. The molecule has 0 aliphatic carbocycles. The number of hydrogen-bond donors (Lipinski definition) is 0. The van der Waals surface area contributed by atoms with Crippen LogP contribution in [0.4, 0.5) is 0 Å². The zero-order valence-corrected chi connectivity index (χ0v) is 22.6. The number of carbonyl (C=O) groups is 2. The summed E-state index contributed by atoms with van der Waals surface area (Å²) < 4.78 is 10.7. The van der Waals surface area contributed by atoms with Crippen LogP contribution in [0, 0.1) is 0 Å². The fraction of sp³-hybridized carbons (Fsp3) is 0.667. The molecular formula is C24H40O4Sn.